The van der Waals surface area contributed by atoms with Crippen LogP contribution in [-0.2, 0) is 4.74 Å². The predicted molar refractivity (Wildman–Crippen MR) is 60.4 cm³/mol. The zero-order chi connectivity index (χ0) is 11.7. The van der Waals surface area contributed by atoms with E-state index in [4.69, 9.17) is 27.9 Å². The fourth-order valence-corrected chi connectivity index (χ4v) is 2.32. The van der Waals surface area contributed by atoms with Crippen molar-refractivity contribution in [2.24, 2.45) is 0 Å². The Bertz CT molecular complexity index is 398. The summed E-state index contributed by atoms with van der Waals surface area (Å²) in [6.45, 7) is 0.412. The normalized spacial score (nSPS) is 25.8. The van der Waals surface area contributed by atoms with Crippen molar-refractivity contribution in [3.05, 3.63) is 33.6 Å². The Balaban J connectivity index is 2.32. The van der Waals surface area contributed by atoms with Gasteiger partial charge in [0.05, 0.1) is 17.2 Å². The number of benzene rings is 1. The number of hydrogen-bond donors (Lipinski definition) is 1. The minimum atomic E-state index is -0.523. The van der Waals surface area contributed by atoms with Gasteiger partial charge in [-0.05, 0) is 18.6 Å². The molecule has 1 fully saturated rings. The first-order valence-corrected chi connectivity index (χ1v) is 5.77. The van der Waals surface area contributed by atoms with E-state index in [1.807, 2.05) is 0 Å². The third-order valence-corrected chi connectivity index (χ3v) is 3.12. The van der Waals surface area contributed by atoms with E-state index in [1.54, 1.807) is 0 Å². The molecule has 1 heterocycles. The van der Waals surface area contributed by atoms with Gasteiger partial charge in [-0.2, -0.15) is 0 Å². The number of aliphatic hydroxyl groups is 1. The minimum Gasteiger partial charge on any atom is -0.393 e. The molecule has 0 radical (unpaired) electrons. The lowest BCUT2D eigenvalue weighted by molar-refractivity contribution is -0.0461. The van der Waals surface area contributed by atoms with Crippen molar-refractivity contribution in [2.75, 3.05) is 6.61 Å². The second-order valence-corrected chi connectivity index (χ2v) is 4.67. The Morgan fingerprint density at radius 3 is 2.81 bits per heavy atom. The molecule has 88 valence electrons. The second-order valence-electron chi connectivity index (χ2n) is 3.83. The van der Waals surface area contributed by atoms with E-state index in [0.29, 0.717) is 30.0 Å². The monoisotopic (exact) mass is 264 g/mol. The average Bonchev–Trinajstić information content (AvgIpc) is 2.23. The van der Waals surface area contributed by atoms with Crippen LogP contribution < -0.4 is 0 Å². The molecule has 1 saturated heterocycles. The van der Waals surface area contributed by atoms with E-state index in [-0.39, 0.29) is 5.02 Å². The molecule has 0 aromatic heterocycles. The van der Waals surface area contributed by atoms with Crippen LogP contribution in [0.2, 0.25) is 10.0 Å². The van der Waals surface area contributed by atoms with Crippen molar-refractivity contribution >= 4 is 23.2 Å². The molecule has 0 aliphatic carbocycles. The van der Waals surface area contributed by atoms with Crippen LogP contribution in [0.15, 0.2) is 12.1 Å². The van der Waals surface area contributed by atoms with Crippen LogP contribution in [0.25, 0.3) is 0 Å². The molecular formula is C11H11Cl2FO2. The highest BCUT2D eigenvalue weighted by molar-refractivity contribution is 6.34. The molecule has 2 rings (SSSR count). The van der Waals surface area contributed by atoms with Gasteiger partial charge in [0, 0.05) is 23.6 Å². The second kappa shape index (κ2) is 4.88. The lowest BCUT2D eigenvalue weighted by Gasteiger charge is -2.27. The topological polar surface area (TPSA) is 29.5 Å². The molecule has 1 aliphatic rings. The van der Waals surface area contributed by atoms with Crippen LogP contribution in [0, 0.1) is 5.82 Å². The Morgan fingerprint density at radius 1 is 1.38 bits per heavy atom. The van der Waals surface area contributed by atoms with Gasteiger partial charge in [-0.1, -0.05) is 23.2 Å². The van der Waals surface area contributed by atoms with Gasteiger partial charge in [0.2, 0.25) is 0 Å². The molecule has 0 amide bonds. The standard InChI is InChI=1S/C11H11Cl2FO2/c12-6-3-8(11(14)9(13)4-6)10-5-7(15)1-2-16-10/h3-4,7,10,15H,1-2,5H2. The molecule has 2 atom stereocenters. The van der Waals surface area contributed by atoms with E-state index in [9.17, 15) is 9.50 Å². The fraction of sp³-hybridized carbons (Fsp3) is 0.455. The van der Waals surface area contributed by atoms with Crippen molar-refractivity contribution in [3.63, 3.8) is 0 Å². The summed E-state index contributed by atoms with van der Waals surface area (Å²) in [6, 6.07) is 2.84. The first kappa shape index (κ1) is 12.1. The molecule has 2 nitrogen and oxygen atoms in total. The maximum atomic E-state index is 13.7. The lowest BCUT2D eigenvalue weighted by Crippen LogP contribution is -2.24. The van der Waals surface area contributed by atoms with E-state index >= 15 is 0 Å². The molecule has 1 N–H and O–H groups in total. The third-order valence-electron chi connectivity index (χ3n) is 2.62. The SMILES string of the molecule is OC1CCOC(c2cc(Cl)cc(Cl)c2F)C1. The van der Waals surface area contributed by atoms with Crippen molar-refractivity contribution < 1.29 is 14.2 Å². The van der Waals surface area contributed by atoms with Gasteiger partial charge in [0.15, 0.2) is 0 Å². The zero-order valence-electron chi connectivity index (χ0n) is 8.42. The van der Waals surface area contributed by atoms with Crippen molar-refractivity contribution in [1.29, 1.82) is 0 Å². The highest BCUT2D eigenvalue weighted by atomic mass is 35.5. The van der Waals surface area contributed by atoms with E-state index in [1.165, 1.54) is 12.1 Å². The maximum absolute atomic E-state index is 13.7. The van der Waals surface area contributed by atoms with Crippen LogP contribution in [0.1, 0.15) is 24.5 Å². The number of aliphatic hydroxyl groups excluding tert-OH is 1. The van der Waals surface area contributed by atoms with Gasteiger partial charge in [-0.3, -0.25) is 0 Å². The van der Waals surface area contributed by atoms with Crippen LogP contribution in [-0.4, -0.2) is 17.8 Å². The van der Waals surface area contributed by atoms with Crippen molar-refractivity contribution in [3.8, 4) is 0 Å². The molecule has 16 heavy (non-hydrogen) atoms. The predicted octanol–water partition coefficient (Wildman–Crippen LogP) is 3.34. The summed E-state index contributed by atoms with van der Waals surface area (Å²) in [5, 5.41) is 9.85. The number of ether oxygens (including phenoxy) is 1. The largest absolute Gasteiger partial charge is 0.393 e. The summed E-state index contributed by atoms with van der Waals surface area (Å²) >= 11 is 11.5. The van der Waals surface area contributed by atoms with Gasteiger partial charge < -0.3 is 9.84 Å². The highest BCUT2D eigenvalue weighted by Crippen LogP contribution is 2.34. The molecule has 0 saturated carbocycles. The molecule has 1 aliphatic heterocycles. The molecule has 5 heteroatoms. The molecule has 0 spiro atoms. The van der Waals surface area contributed by atoms with Crippen LogP contribution >= 0.6 is 23.2 Å². The molecule has 1 aromatic carbocycles. The van der Waals surface area contributed by atoms with Gasteiger partial charge >= 0.3 is 0 Å². The summed E-state index contributed by atoms with van der Waals surface area (Å²) in [7, 11) is 0. The van der Waals surface area contributed by atoms with Crippen LogP contribution in [0.4, 0.5) is 4.39 Å². The van der Waals surface area contributed by atoms with Gasteiger partial charge in [0.25, 0.3) is 0 Å². The van der Waals surface area contributed by atoms with Crippen molar-refractivity contribution in [2.45, 2.75) is 25.0 Å². The molecule has 2 unspecified atom stereocenters. The van der Waals surface area contributed by atoms with E-state index in [2.05, 4.69) is 0 Å². The Kier molecular flexibility index (Phi) is 3.70. The highest BCUT2D eigenvalue weighted by Gasteiger charge is 2.26. The van der Waals surface area contributed by atoms with Crippen LogP contribution in [0.3, 0.4) is 0 Å². The fourth-order valence-electron chi connectivity index (χ4n) is 1.81. The average molecular weight is 265 g/mol. The Morgan fingerprint density at radius 2 is 2.12 bits per heavy atom. The van der Waals surface area contributed by atoms with Gasteiger partial charge in [-0.15, -0.1) is 0 Å². The number of hydrogen-bond acceptors (Lipinski definition) is 2. The maximum Gasteiger partial charge on any atom is 0.147 e. The smallest absolute Gasteiger partial charge is 0.147 e. The van der Waals surface area contributed by atoms with Gasteiger partial charge in [0.1, 0.15) is 5.82 Å². The Labute approximate surface area is 103 Å². The van der Waals surface area contributed by atoms with Crippen LogP contribution in [0.5, 0.6) is 0 Å². The Hall–Kier alpha value is -0.350. The molecule has 0 bridgehead atoms. The lowest BCUT2D eigenvalue weighted by atomic mass is 9.99. The first-order chi connectivity index (χ1) is 7.58. The summed E-state index contributed by atoms with van der Waals surface area (Å²) in [5.41, 5.74) is 0.316. The van der Waals surface area contributed by atoms with E-state index in [0.717, 1.165) is 0 Å². The first-order valence-electron chi connectivity index (χ1n) is 5.02. The number of rotatable bonds is 1. The number of halogens is 3. The zero-order valence-corrected chi connectivity index (χ0v) is 9.93. The van der Waals surface area contributed by atoms with Gasteiger partial charge in [-0.25, -0.2) is 4.39 Å². The van der Waals surface area contributed by atoms with E-state index < -0.39 is 18.0 Å². The minimum absolute atomic E-state index is 0.0221. The quantitative estimate of drug-likeness (QED) is 0.789. The molecular weight excluding hydrogens is 254 g/mol. The summed E-state index contributed by atoms with van der Waals surface area (Å²) in [5.74, 6) is -0.523. The summed E-state index contributed by atoms with van der Waals surface area (Å²) in [6.07, 6.45) is 0.0101. The summed E-state index contributed by atoms with van der Waals surface area (Å²) in [4.78, 5) is 0. The molecule has 1 aromatic rings. The summed E-state index contributed by atoms with van der Waals surface area (Å²) < 4.78 is 19.1. The van der Waals surface area contributed by atoms with Crippen molar-refractivity contribution in [1.82, 2.24) is 0 Å². The third kappa shape index (κ3) is 2.48.